The summed E-state index contributed by atoms with van der Waals surface area (Å²) in [5.41, 5.74) is 2.72. The SMILES string of the molecule is CS(=O)(=O)N(CC(=O)N/N=C\c1c(Cl)cccc1Cl)c1cc(Cl)ccc1Cl. The lowest BCUT2D eigenvalue weighted by atomic mass is 10.2. The Morgan fingerprint density at radius 3 is 2.33 bits per heavy atom. The molecule has 0 atom stereocenters. The summed E-state index contributed by atoms with van der Waals surface area (Å²) in [5.74, 6) is -0.698. The standard InChI is InChI=1S/C16H13Cl4N3O3S/c1-27(25,26)23(15-7-10(17)5-6-14(15)20)9-16(24)22-21-8-11-12(18)3-2-4-13(11)19/h2-8H,9H2,1H3,(H,22,24)/b21-8-. The number of rotatable bonds is 6. The third kappa shape index (κ3) is 5.99. The fourth-order valence-electron chi connectivity index (χ4n) is 2.03. The average Bonchev–Trinajstić information content (AvgIpc) is 2.57. The molecule has 1 amide bonds. The summed E-state index contributed by atoms with van der Waals surface area (Å²) in [7, 11) is -3.81. The summed E-state index contributed by atoms with van der Waals surface area (Å²) >= 11 is 23.9. The maximum absolute atomic E-state index is 12.2. The summed E-state index contributed by atoms with van der Waals surface area (Å²) < 4.78 is 25.0. The van der Waals surface area contributed by atoms with Gasteiger partial charge in [-0.05, 0) is 30.3 Å². The second-order valence-electron chi connectivity index (χ2n) is 5.29. The van der Waals surface area contributed by atoms with Crippen LogP contribution in [0.1, 0.15) is 5.56 Å². The van der Waals surface area contributed by atoms with E-state index in [9.17, 15) is 13.2 Å². The highest BCUT2D eigenvalue weighted by Crippen LogP contribution is 2.30. The van der Waals surface area contributed by atoms with Gasteiger partial charge in [0.05, 0.1) is 33.2 Å². The van der Waals surface area contributed by atoms with Crippen LogP contribution in [-0.2, 0) is 14.8 Å². The van der Waals surface area contributed by atoms with Gasteiger partial charge in [-0.25, -0.2) is 13.8 Å². The predicted octanol–water partition coefficient (Wildman–Crippen LogP) is 4.22. The number of hydrogen-bond acceptors (Lipinski definition) is 4. The van der Waals surface area contributed by atoms with Crippen LogP contribution in [0.3, 0.4) is 0 Å². The van der Waals surface area contributed by atoms with E-state index in [-0.39, 0.29) is 15.7 Å². The molecule has 0 bridgehead atoms. The number of carbonyl (C=O) groups excluding carboxylic acids is 1. The minimum atomic E-state index is -3.81. The largest absolute Gasteiger partial charge is 0.271 e. The number of hydrogen-bond donors (Lipinski definition) is 1. The van der Waals surface area contributed by atoms with Gasteiger partial charge in [-0.1, -0.05) is 52.5 Å². The number of amides is 1. The zero-order valence-corrected chi connectivity index (χ0v) is 17.6. The smallest absolute Gasteiger partial charge is 0.260 e. The molecule has 0 aliphatic carbocycles. The molecule has 0 fully saturated rings. The van der Waals surface area contributed by atoms with Crippen LogP contribution in [0.5, 0.6) is 0 Å². The van der Waals surface area contributed by atoms with Gasteiger partial charge in [0.2, 0.25) is 10.0 Å². The van der Waals surface area contributed by atoms with Crippen LogP contribution < -0.4 is 9.73 Å². The molecule has 0 aliphatic rings. The van der Waals surface area contributed by atoms with Gasteiger partial charge in [-0.2, -0.15) is 5.10 Å². The molecule has 0 spiro atoms. The van der Waals surface area contributed by atoms with E-state index in [4.69, 9.17) is 46.4 Å². The van der Waals surface area contributed by atoms with E-state index in [1.807, 2.05) is 0 Å². The molecule has 0 aliphatic heterocycles. The van der Waals surface area contributed by atoms with Crippen molar-refractivity contribution in [1.82, 2.24) is 5.43 Å². The van der Waals surface area contributed by atoms with E-state index in [1.165, 1.54) is 24.4 Å². The van der Waals surface area contributed by atoms with E-state index in [0.29, 0.717) is 15.6 Å². The van der Waals surface area contributed by atoms with Crippen molar-refractivity contribution in [3.05, 3.63) is 62.1 Å². The van der Waals surface area contributed by atoms with Crippen LogP contribution in [0.4, 0.5) is 5.69 Å². The topological polar surface area (TPSA) is 78.8 Å². The number of sulfonamides is 1. The van der Waals surface area contributed by atoms with Crippen LogP contribution >= 0.6 is 46.4 Å². The molecule has 0 aromatic heterocycles. The van der Waals surface area contributed by atoms with Crippen molar-refractivity contribution in [3.63, 3.8) is 0 Å². The molecule has 0 radical (unpaired) electrons. The van der Waals surface area contributed by atoms with Crippen molar-refractivity contribution in [1.29, 1.82) is 0 Å². The first-order valence-corrected chi connectivity index (χ1v) is 10.6. The minimum absolute atomic E-state index is 0.0833. The molecule has 2 aromatic carbocycles. The maximum Gasteiger partial charge on any atom is 0.260 e. The highest BCUT2D eigenvalue weighted by Gasteiger charge is 2.23. The predicted molar refractivity (Wildman–Crippen MR) is 111 cm³/mol. The van der Waals surface area contributed by atoms with Gasteiger partial charge in [-0.15, -0.1) is 0 Å². The van der Waals surface area contributed by atoms with E-state index in [0.717, 1.165) is 10.6 Å². The fourth-order valence-corrected chi connectivity index (χ4v) is 3.82. The van der Waals surface area contributed by atoms with Crippen molar-refractivity contribution in [3.8, 4) is 0 Å². The normalized spacial score (nSPS) is 11.6. The number of nitrogens with zero attached hydrogens (tertiary/aromatic N) is 2. The quantitative estimate of drug-likeness (QED) is 0.509. The van der Waals surface area contributed by atoms with Crippen molar-refractivity contribution in [2.45, 2.75) is 0 Å². The zero-order chi connectivity index (χ0) is 20.2. The average molecular weight is 469 g/mol. The number of nitrogens with one attached hydrogen (secondary N) is 1. The first-order chi connectivity index (χ1) is 12.6. The lowest BCUT2D eigenvalue weighted by molar-refractivity contribution is -0.119. The van der Waals surface area contributed by atoms with Gasteiger partial charge in [0.1, 0.15) is 6.54 Å². The second-order valence-corrected chi connectivity index (χ2v) is 8.86. The lowest BCUT2D eigenvalue weighted by Gasteiger charge is -2.22. The van der Waals surface area contributed by atoms with Crippen LogP contribution in [-0.4, -0.2) is 33.3 Å². The Morgan fingerprint density at radius 1 is 1.11 bits per heavy atom. The van der Waals surface area contributed by atoms with E-state index >= 15 is 0 Å². The van der Waals surface area contributed by atoms with E-state index < -0.39 is 22.5 Å². The molecular formula is C16H13Cl4N3O3S. The lowest BCUT2D eigenvalue weighted by Crippen LogP contribution is -2.39. The third-order valence-electron chi connectivity index (χ3n) is 3.25. The number of benzene rings is 2. The van der Waals surface area contributed by atoms with Crippen molar-refractivity contribution < 1.29 is 13.2 Å². The van der Waals surface area contributed by atoms with Gasteiger partial charge in [0.25, 0.3) is 5.91 Å². The number of halogens is 4. The van der Waals surface area contributed by atoms with E-state index in [1.54, 1.807) is 18.2 Å². The van der Waals surface area contributed by atoms with Crippen LogP contribution in [0.2, 0.25) is 20.1 Å². The third-order valence-corrected chi connectivity index (χ3v) is 5.59. The van der Waals surface area contributed by atoms with Crippen LogP contribution in [0.25, 0.3) is 0 Å². The molecule has 11 heteroatoms. The molecule has 2 aromatic rings. The molecule has 0 heterocycles. The first kappa shape index (κ1) is 21.8. The Hall–Kier alpha value is -1.51. The molecule has 6 nitrogen and oxygen atoms in total. The minimum Gasteiger partial charge on any atom is -0.271 e. The summed E-state index contributed by atoms with van der Waals surface area (Å²) in [5, 5.41) is 4.86. The molecule has 0 saturated heterocycles. The first-order valence-electron chi connectivity index (χ1n) is 7.28. The Kier molecular flexibility index (Phi) is 7.36. The van der Waals surface area contributed by atoms with Crippen molar-refractivity contribution >= 4 is 74.2 Å². The van der Waals surface area contributed by atoms with Crippen molar-refractivity contribution in [2.75, 3.05) is 17.1 Å². The summed E-state index contributed by atoms with van der Waals surface area (Å²) in [6.45, 7) is -0.549. The van der Waals surface area contributed by atoms with Crippen LogP contribution in [0.15, 0.2) is 41.5 Å². The van der Waals surface area contributed by atoms with Gasteiger partial charge in [-0.3, -0.25) is 9.10 Å². The summed E-state index contributed by atoms with van der Waals surface area (Å²) in [6, 6.07) is 9.19. The molecule has 0 unspecified atom stereocenters. The molecule has 0 saturated carbocycles. The van der Waals surface area contributed by atoms with Crippen LogP contribution in [0, 0.1) is 0 Å². The number of hydrazone groups is 1. The number of anilines is 1. The monoisotopic (exact) mass is 467 g/mol. The highest BCUT2D eigenvalue weighted by atomic mass is 35.5. The Balaban J connectivity index is 2.18. The summed E-state index contributed by atoms with van der Waals surface area (Å²) in [6.07, 6.45) is 2.21. The van der Waals surface area contributed by atoms with Gasteiger partial charge in [0.15, 0.2) is 0 Å². The molecule has 27 heavy (non-hydrogen) atoms. The fraction of sp³-hybridized carbons (Fsp3) is 0.125. The molecular weight excluding hydrogens is 456 g/mol. The Bertz CT molecular complexity index is 976. The van der Waals surface area contributed by atoms with E-state index in [2.05, 4.69) is 10.5 Å². The maximum atomic E-state index is 12.2. The molecule has 1 N–H and O–H groups in total. The van der Waals surface area contributed by atoms with Crippen molar-refractivity contribution in [2.24, 2.45) is 5.10 Å². The van der Waals surface area contributed by atoms with Gasteiger partial charge < -0.3 is 0 Å². The Labute approximate surface area is 176 Å². The summed E-state index contributed by atoms with van der Waals surface area (Å²) in [4.78, 5) is 12.2. The zero-order valence-electron chi connectivity index (χ0n) is 13.8. The van der Waals surface area contributed by atoms with Gasteiger partial charge >= 0.3 is 0 Å². The molecule has 144 valence electrons. The number of carbonyl (C=O) groups is 1. The van der Waals surface area contributed by atoms with Gasteiger partial charge in [0, 0.05) is 10.6 Å². The second kappa shape index (κ2) is 9.12. The molecule has 2 rings (SSSR count). The highest BCUT2D eigenvalue weighted by molar-refractivity contribution is 7.92. The Morgan fingerprint density at radius 2 is 1.74 bits per heavy atom.